The molecule has 0 radical (unpaired) electrons. The van der Waals surface area contributed by atoms with Crippen LogP contribution in [0.1, 0.15) is 37.6 Å². The molecule has 0 saturated carbocycles. The van der Waals surface area contributed by atoms with Gasteiger partial charge in [-0.05, 0) is 37.1 Å². The van der Waals surface area contributed by atoms with Crippen molar-refractivity contribution in [3.8, 4) is 11.3 Å². The van der Waals surface area contributed by atoms with Gasteiger partial charge in [-0.1, -0.05) is 42.3 Å². The number of benzene rings is 1. The summed E-state index contributed by atoms with van der Waals surface area (Å²) in [6, 6.07) is 8.61. The van der Waals surface area contributed by atoms with Crippen LogP contribution in [-0.4, -0.2) is 43.2 Å². The number of nitrogens with one attached hydrogen (secondary N) is 1. The monoisotopic (exact) mass is 459 g/mol. The van der Waals surface area contributed by atoms with Gasteiger partial charge in [-0.2, -0.15) is 0 Å². The van der Waals surface area contributed by atoms with Crippen molar-refractivity contribution in [2.75, 3.05) is 11.9 Å². The molecule has 3 aromatic rings. The van der Waals surface area contributed by atoms with Gasteiger partial charge in [0.25, 0.3) is 0 Å². The summed E-state index contributed by atoms with van der Waals surface area (Å²) in [4.78, 5) is 23.5. The fraction of sp³-hybridized carbons (Fsp3) is 0.318. The van der Waals surface area contributed by atoms with E-state index in [0.29, 0.717) is 28.2 Å². The molecule has 3 heterocycles. The summed E-state index contributed by atoms with van der Waals surface area (Å²) in [6.45, 7) is 4.28. The van der Waals surface area contributed by atoms with Gasteiger partial charge in [0.15, 0.2) is 0 Å². The number of carbonyl (C=O) groups is 1. The minimum absolute atomic E-state index is 0.202. The molecule has 0 spiro atoms. The first-order valence-electron chi connectivity index (χ1n) is 10.1. The Hall–Kier alpha value is -2.61. The first-order valence-corrected chi connectivity index (χ1v) is 10.8. The van der Waals surface area contributed by atoms with Gasteiger partial charge in [-0.3, -0.25) is 4.57 Å². The van der Waals surface area contributed by atoms with E-state index in [-0.39, 0.29) is 18.7 Å². The van der Waals surface area contributed by atoms with Crippen molar-refractivity contribution >= 4 is 35.2 Å². The van der Waals surface area contributed by atoms with E-state index in [2.05, 4.69) is 29.1 Å². The van der Waals surface area contributed by atoms with E-state index in [1.807, 2.05) is 12.1 Å². The molecule has 9 heteroatoms. The van der Waals surface area contributed by atoms with E-state index in [1.165, 1.54) is 0 Å². The van der Waals surface area contributed by atoms with Crippen molar-refractivity contribution in [1.82, 2.24) is 19.4 Å². The lowest BCUT2D eigenvalue weighted by atomic mass is 10.1. The highest BCUT2D eigenvalue weighted by molar-refractivity contribution is 6.33. The van der Waals surface area contributed by atoms with Crippen LogP contribution in [0.4, 0.5) is 10.7 Å². The average molecular weight is 460 g/mol. The summed E-state index contributed by atoms with van der Waals surface area (Å²) < 4.78 is 1.57. The quantitative estimate of drug-likeness (QED) is 0.520. The van der Waals surface area contributed by atoms with Gasteiger partial charge in [0.1, 0.15) is 0 Å². The highest BCUT2D eigenvalue weighted by atomic mass is 35.5. The third-order valence-electron chi connectivity index (χ3n) is 5.47. The summed E-state index contributed by atoms with van der Waals surface area (Å²) in [7, 11) is 0. The Morgan fingerprint density at radius 3 is 2.77 bits per heavy atom. The largest absolute Gasteiger partial charge is 0.394 e. The molecule has 2 N–H and O–H groups in total. The third kappa shape index (κ3) is 4.26. The molecule has 2 aromatic heterocycles. The number of amides is 1. The Morgan fingerprint density at radius 2 is 2.10 bits per heavy atom. The number of anilines is 1. The molecule has 162 valence electrons. The SMILES string of the molecule is CC[C@H](C)Nc1ncc(Cl)c(-c2cc3n(c2)C(=O)N([C@H](CO)c2cccc(Cl)c2)C3)n1. The zero-order chi connectivity index (χ0) is 22.1. The Labute approximate surface area is 190 Å². The summed E-state index contributed by atoms with van der Waals surface area (Å²) >= 11 is 12.4. The van der Waals surface area contributed by atoms with E-state index in [4.69, 9.17) is 23.2 Å². The molecular formula is C22H23Cl2N5O2. The zero-order valence-electron chi connectivity index (χ0n) is 17.2. The lowest BCUT2D eigenvalue weighted by molar-refractivity contribution is 0.141. The number of hydrogen-bond acceptors (Lipinski definition) is 5. The summed E-state index contributed by atoms with van der Waals surface area (Å²) in [5.74, 6) is 0.495. The van der Waals surface area contributed by atoms with Crippen LogP contribution in [0.15, 0.2) is 42.7 Å². The molecular weight excluding hydrogens is 437 g/mol. The first-order chi connectivity index (χ1) is 14.9. The van der Waals surface area contributed by atoms with E-state index < -0.39 is 6.04 Å². The first kappa shape index (κ1) is 21.6. The van der Waals surface area contributed by atoms with Gasteiger partial charge in [0, 0.05) is 28.5 Å². The van der Waals surface area contributed by atoms with Crippen molar-refractivity contribution < 1.29 is 9.90 Å². The van der Waals surface area contributed by atoms with Crippen molar-refractivity contribution in [3.63, 3.8) is 0 Å². The smallest absolute Gasteiger partial charge is 0.329 e. The van der Waals surface area contributed by atoms with Gasteiger partial charge < -0.3 is 15.3 Å². The third-order valence-corrected chi connectivity index (χ3v) is 5.98. The number of nitrogens with zero attached hydrogens (tertiary/aromatic N) is 4. The molecule has 31 heavy (non-hydrogen) atoms. The Balaban J connectivity index is 1.61. The summed E-state index contributed by atoms with van der Waals surface area (Å²) in [5.41, 5.74) is 2.89. The highest BCUT2D eigenvalue weighted by Crippen LogP contribution is 2.34. The number of rotatable bonds is 7. The maximum atomic E-state index is 13.1. The molecule has 1 aliphatic rings. The molecule has 0 aliphatic carbocycles. The topological polar surface area (TPSA) is 83.3 Å². The van der Waals surface area contributed by atoms with E-state index in [0.717, 1.165) is 23.2 Å². The van der Waals surface area contributed by atoms with Crippen LogP contribution in [0.3, 0.4) is 0 Å². The van der Waals surface area contributed by atoms with Crippen LogP contribution >= 0.6 is 23.2 Å². The summed E-state index contributed by atoms with van der Waals surface area (Å²) in [6.07, 6.45) is 4.22. The van der Waals surface area contributed by atoms with E-state index >= 15 is 0 Å². The number of fused-ring (bicyclic) bond motifs is 1. The van der Waals surface area contributed by atoms with Crippen molar-refractivity contribution in [2.24, 2.45) is 0 Å². The van der Waals surface area contributed by atoms with Gasteiger partial charge in [-0.15, -0.1) is 0 Å². The predicted octanol–water partition coefficient (Wildman–Crippen LogP) is 4.98. The Kier molecular flexibility index (Phi) is 6.18. The molecule has 0 unspecified atom stereocenters. The second-order valence-corrected chi connectivity index (χ2v) is 8.44. The molecule has 7 nitrogen and oxygen atoms in total. The molecule has 0 saturated heterocycles. The van der Waals surface area contributed by atoms with Gasteiger partial charge in [0.2, 0.25) is 5.95 Å². The van der Waals surface area contributed by atoms with Crippen molar-refractivity contribution in [1.29, 1.82) is 0 Å². The van der Waals surface area contributed by atoms with Gasteiger partial charge in [0.05, 0.1) is 36.1 Å². The normalized spacial score (nSPS) is 15.1. The number of hydrogen-bond donors (Lipinski definition) is 2. The minimum atomic E-state index is -0.483. The summed E-state index contributed by atoms with van der Waals surface area (Å²) in [5, 5.41) is 14.2. The zero-order valence-corrected chi connectivity index (χ0v) is 18.7. The number of aromatic nitrogens is 3. The number of aliphatic hydroxyl groups is 1. The van der Waals surface area contributed by atoms with E-state index in [9.17, 15) is 9.90 Å². The molecule has 0 bridgehead atoms. The number of carbonyl (C=O) groups excluding carboxylic acids is 1. The molecule has 0 fully saturated rings. The number of aliphatic hydroxyl groups excluding tert-OH is 1. The second kappa shape index (κ2) is 8.86. The standard InChI is InChI=1S/C22H23Cl2N5O2/c1-3-13(2)26-21-25-9-18(24)20(27-21)15-8-17-11-29(22(31)28(17)10-15)19(12-30)14-5-4-6-16(23)7-14/h4-10,13,19,30H,3,11-12H2,1-2H3,(H,25,26,27)/t13-,19+/m0/s1. The van der Waals surface area contributed by atoms with Gasteiger partial charge in [-0.25, -0.2) is 14.8 Å². The van der Waals surface area contributed by atoms with Crippen molar-refractivity contribution in [3.05, 3.63) is 64.0 Å². The van der Waals surface area contributed by atoms with Crippen LogP contribution in [-0.2, 0) is 6.54 Å². The number of halogens is 2. The maximum absolute atomic E-state index is 13.1. The molecule has 1 aromatic carbocycles. The van der Waals surface area contributed by atoms with Gasteiger partial charge >= 0.3 is 6.03 Å². The van der Waals surface area contributed by atoms with Crippen LogP contribution in [0, 0.1) is 0 Å². The lowest BCUT2D eigenvalue weighted by Crippen LogP contribution is -2.32. The highest BCUT2D eigenvalue weighted by Gasteiger charge is 2.34. The predicted molar refractivity (Wildman–Crippen MR) is 121 cm³/mol. The minimum Gasteiger partial charge on any atom is -0.394 e. The lowest BCUT2D eigenvalue weighted by Gasteiger charge is -2.26. The fourth-order valence-corrected chi connectivity index (χ4v) is 4.02. The van der Waals surface area contributed by atoms with Crippen LogP contribution < -0.4 is 5.32 Å². The molecule has 2 atom stereocenters. The second-order valence-electron chi connectivity index (χ2n) is 7.60. The van der Waals surface area contributed by atoms with Crippen LogP contribution in [0.5, 0.6) is 0 Å². The van der Waals surface area contributed by atoms with Crippen LogP contribution in [0.25, 0.3) is 11.3 Å². The van der Waals surface area contributed by atoms with Crippen molar-refractivity contribution in [2.45, 2.75) is 38.9 Å². The Bertz CT molecular complexity index is 1120. The van der Waals surface area contributed by atoms with Crippen LogP contribution in [0.2, 0.25) is 10.0 Å². The molecule has 1 amide bonds. The maximum Gasteiger partial charge on any atom is 0.329 e. The average Bonchev–Trinajstić information content (AvgIpc) is 3.30. The van der Waals surface area contributed by atoms with E-state index in [1.54, 1.807) is 40.1 Å². The molecule has 4 rings (SSSR count). The fourth-order valence-electron chi connectivity index (χ4n) is 3.62. The molecule has 1 aliphatic heterocycles. The Morgan fingerprint density at radius 1 is 1.29 bits per heavy atom.